The van der Waals surface area contributed by atoms with Gasteiger partial charge in [-0.2, -0.15) is 0 Å². The van der Waals surface area contributed by atoms with Crippen LogP contribution in [0.1, 0.15) is 51.0 Å². The molecule has 130 valence electrons. The molecule has 0 spiro atoms. The number of carbonyl (C=O) groups is 3. The molecule has 4 heteroatoms. The number of hydrogen-bond donors (Lipinski definition) is 0. The fourth-order valence-corrected chi connectivity index (χ4v) is 4.55. The number of carbonyl (C=O) groups excluding carboxylic acids is 3. The van der Waals surface area contributed by atoms with Gasteiger partial charge in [-0.15, -0.1) is 0 Å². The molecular formula is C21H22O4. The van der Waals surface area contributed by atoms with Crippen LogP contribution in [0.4, 0.5) is 0 Å². The van der Waals surface area contributed by atoms with Gasteiger partial charge in [-0.05, 0) is 17.9 Å². The first kappa shape index (κ1) is 16.2. The molecule has 3 aliphatic rings. The van der Waals surface area contributed by atoms with Crippen LogP contribution in [0.2, 0.25) is 0 Å². The van der Waals surface area contributed by atoms with Crippen LogP contribution in [-0.2, 0) is 14.4 Å². The van der Waals surface area contributed by atoms with Crippen LogP contribution in [-0.4, -0.2) is 17.3 Å². The molecule has 4 nitrogen and oxygen atoms in total. The van der Waals surface area contributed by atoms with Crippen LogP contribution in [0.15, 0.2) is 35.6 Å². The van der Waals surface area contributed by atoms with E-state index in [1.165, 1.54) is 0 Å². The Morgan fingerprint density at radius 3 is 2.20 bits per heavy atom. The largest absolute Gasteiger partial charge is 0.461 e. The van der Waals surface area contributed by atoms with Crippen molar-refractivity contribution in [2.45, 2.75) is 45.4 Å². The van der Waals surface area contributed by atoms with Crippen molar-refractivity contribution in [2.24, 2.45) is 17.8 Å². The van der Waals surface area contributed by atoms with E-state index in [-0.39, 0.29) is 29.2 Å². The minimum absolute atomic E-state index is 0.0208. The molecule has 1 saturated carbocycles. The average Bonchev–Trinajstić information content (AvgIpc) is 2.52. The Kier molecular flexibility index (Phi) is 3.86. The van der Waals surface area contributed by atoms with Crippen molar-refractivity contribution in [3.63, 3.8) is 0 Å². The lowest BCUT2D eigenvalue weighted by Crippen LogP contribution is -2.41. The topological polar surface area (TPSA) is 60.4 Å². The van der Waals surface area contributed by atoms with Crippen LogP contribution < -0.4 is 4.74 Å². The summed E-state index contributed by atoms with van der Waals surface area (Å²) in [6.07, 6.45) is 1.94. The highest BCUT2D eigenvalue weighted by Crippen LogP contribution is 2.49. The van der Waals surface area contributed by atoms with Gasteiger partial charge in [0.2, 0.25) is 0 Å². The lowest BCUT2D eigenvalue weighted by atomic mass is 9.66. The van der Waals surface area contributed by atoms with Crippen molar-refractivity contribution in [1.29, 1.82) is 0 Å². The molecule has 1 aromatic rings. The molecule has 1 aromatic carbocycles. The number of ether oxygens (including phenoxy) is 1. The molecule has 1 aliphatic heterocycles. The molecule has 2 unspecified atom stereocenters. The number of fused-ring (bicyclic) bond motifs is 1. The SMILES string of the molecule is CC1CC(=O)C(C2C3=C(CC(C)CC3=O)Oc3ccccc32)C(=O)C1. The van der Waals surface area contributed by atoms with Crippen LogP contribution >= 0.6 is 0 Å². The molecule has 2 aliphatic carbocycles. The summed E-state index contributed by atoms with van der Waals surface area (Å²) in [4.78, 5) is 38.4. The van der Waals surface area contributed by atoms with Crippen LogP contribution in [0, 0.1) is 17.8 Å². The second kappa shape index (κ2) is 5.94. The van der Waals surface area contributed by atoms with Crippen molar-refractivity contribution in [1.82, 2.24) is 0 Å². The Bertz CT molecular complexity index is 786. The van der Waals surface area contributed by atoms with E-state index in [1.807, 2.05) is 38.1 Å². The zero-order valence-electron chi connectivity index (χ0n) is 14.6. The Morgan fingerprint density at radius 1 is 0.840 bits per heavy atom. The molecule has 1 heterocycles. The summed E-state index contributed by atoms with van der Waals surface area (Å²) in [5.41, 5.74) is 1.36. The highest BCUT2D eigenvalue weighted by molar-refractivity contribution is 6.09. The highest BCUT2D eigenvalue weighted by atomic mass is 16.5. The van der Waals surface area contributed by atoms with Gasteiger partial charge < -0.3 is 4.74 Å². The lowest BCUT2D eigenvalue weighted by Gasteiger charge is -2.38. The Balaban J connectivity index is 1.87. The zero-order valence-corrected chi connectivity index (χ0v) is 14.6. The first-order valence-corrected chi connectivity index (χ1v) is 9.04. The van der Waals surface area contributed by atoms with Gasteiger partial charge in [0, 0.05) is 42.7 Å². The van der Waals surface area contributed by atoms with E-state index in [9.17, 15) is 14.4 Å². The average molecular weight is 338 g/mol. The summed E-state index contributed by atoms with van der Waals surface area (Å²) in [6, 6.07) is 7.49. The van der Waals surface area contributed by atoms with Gasteiger partial charge in [-0.25, -0.2) is 0 Å². The minimum atomic E-state index is -0.747. The maximum Gasteiger partial charge on any atom is 0.163 e. The van der Waals surface area contributed by atoms with Crippen molar-refractivity contribution >= 4 is 17.3 Å². The highest BCUT2D eigenvalue weighted by Gasteiger charge is 2.47. The Labute approximate surface area is 147 Å². The van der Waals surface area contributed by atoms with Gasteiger partial charge in [0.25, 0.3) is 0 Å². The number of para-hydroxylation sites is 1. The lowest BCUT2D eigenvalue weighted by molar-refractivity contribution is -0.137. The first-order valence-electron chi connectivity index (χ1n) is 9.04. The van der Waals surface area contributed by atoms with E-state index in [2.05, 4.69) is 0 Å². The van der Waals surface area contributed by atoms with Crippen LogP contribution in [0.3, 0.4) is 0 Å². The molecular weight excluding hydrogens is 316 g/mol. The zero-order chi connectivity index (χ0) is 17.7. The van der Waals surface area contributed by atoms with Gasteiger partial charge in [-0.1, -0.05) is 32.0 Å². The molecule has 0 N–H and O–H groups in total. The third-order valence-corrected chi connectivity index (χ3v) is 5.59. The van der Waals surface area contributed by atoms with E-state index < -0.39 is 11.8 Å². The second-order valence-electron chi connectivity index (χ2n) is 7.81. The molecule has 0 amide bonds. The van der Waals surface area contributed by atoms with E-state index in [0.29, 0.717) is 42.8 Å². The van der Waals surface area contributed by atoms with Gasteiger partial charge in [0.05, 0.1) is 5.92 Å². The van der Waals surface area contributed by atoms with Gasteiger partial charge in [0.1, 0.15) is 23.1 Å². The summed E-state index contributed by atoms with van der Waals surface area (Å²) < 4.78 is 6.03. The summed E-state index contributed by atoms with van der Waals surface area (Å²) in [6.45, 7) is 3.96. The maximum absolute atomic E-state index is 12.8. The molecule has 2 atom stereocenters. The molecule has 1 fully saturated rings. The number of rotatable bonds is 1. The third-order valence-electron chi connectivity index (χ3n) is 5.59. The molecule has 0 bridgehead atoms. The summed E-state index contributed by atoms with van der Waals surface area (Å²) >= 11 is 0. The summed E-state index contributed by atoms with van der Waals surface area (Å²) in [5, 5.41) is 0. The second-order valence-corrected chi connectivity index (χ2v) is 7.81. The fraction of sp³-hybridized carbons (Fsp3) is 0.476. The number of benzene rings is 1. The molecule has 4 rings (SSSR count). The van der Waals surface area contributed by atoms with E-state index in [1.54, 1.807) is 0 Å². The molecule has 0 radical (unpaired) electrons. The minimum Gasteiger partial charge on any atom is -0.461 e. The van der Waals surface area contributed by atoms with Crippen molar-refractivity contribution in [3.05, 3.63) is 41.2 Å². The summed E-state index contributed by atoms with van der Waals surface area (Å²) in [7, 11) is 0. The van der Waals surface area contributed by atoms with Crippen molar-refractivity contribution < 1.29 is 19.1 Å². The first-order chi connectivity index (χ1) is 12.0. The van der Waals surface area contributed by atoms with E-state index in [0.717, 1.165) is 5.56 Å². The standard InChI is InChI=1S/C21H22O4/c1-11-7-14(22)20(15(23)8-11)19-13-5-3-4-6-17(13)25-18-10-12(2)9-16(24)21(18)19/h3-6,11-12,19-20H,7-10H2,1-2H3. The monoisotopic (exact) mass is 338 g/mol. The fourth-order valence-electron chi connectivity index (χ4n) is 4.55. The van der Waals surface area contributed by atoms with E-state index >= 15 is 0 Å². The third kappa shape index (κ3) is 2.64. The van der Waals surface area contributed by atoms with Crippen molar-refractivity contribution in [2.75, 3.05) is 0 Å². The van der Waals surface area contributed by atoms with Crippen molar-refractivity contribution in [3.8, 4) is 5.75 Å². The maximum atomic E-state index is 12.8. The Hall–Kier alpha value is -2.23. The molecule has 0 aromatic heterocycles. The normalized spacial score (nSPS) is 32.2. The predicted octanol–water partition coefficient (Wildman–Crippen LogP) is 3.60. The molecule has 0 saturated heterocycles. The number of allylic oxidation sites excluding steroid dienone is 2. The smallest absolute Gasteiger partial charge is 0.163 e. The number of ketones is 3. The Morgan fingerprint density at radius 2 is 1.48 bits per heavy atom. The number of Topliss-reactive ketones (excluding diaryl/α,β-unsaturated/α-hetero) is 3. The number of hydrogen-bond acceptors (Lipinski definition) is 4. The van der Waals surface area contributed by atoms with Gasteiger partial charge in [0.15, 0.2) is 5.78 Å². The quantitative estimate of drug-likeness (QED) is 0.734. The van der Waals surface area contributed by atoms with Gasteiger partial charge >= 0.3 is 0 Å². The summed E-state index contributed by atoms with van der Waals surface area (Å²) in [5.74, 6) is 0.354. The van der Waals surface area contributed by atoms with Crippen LogP contribution in [0.5, 0.6) is 5.75 Å². The van der Waals surface area contributed by atoms with Crippen LogP contribution in [0.25, 0.3) is 0 Å². The van der Waals surface area contributed by atoms with E-state index in [4.69, 9.17) is 4.74 Å². The predicted molar refractivity (Wildman–Crippen MR) is 92.1 cm³/mol. The van der Waals surface area contributed by atoms with Gasteiger partial charge in [-0.3, -0.25) is 14.4 Å². The molecule has 25 heavy (non-hydrogen) atoms.